The monoisotopic (exact) mass is 360 g/mol. The quantitative estimate of drug-likeness (QED) is 0.773. The van der Waals surface area contributed by atoms with Gasteiger partial charge in [0, 0.05) is 29.5 Å². The summed E-state index contributed by atoms with van der Waals surface area (Å²) in [4.78, 5) is 23.4. The standard InChI is InChI=1S/C19H25ClN4O/c1-5-9-24(10-6-2)18(25)17-11-14(4)21-19(23-17)22-15-8-7-13(3)16(20)12-15/h7-8,11-12H,5-6,9-10H2,1-4H3,(H,21,22,23). The Morgan fingerprint density at radius 3 is 2.40 bits per heavy atom. The number of hydrogen-bond acceptors (Lipinski definition) is 4. The van der Waals surface area contributed by atoms with Crippen LogP contribution in [0.15, 0.2) is 24.3 Å². The first-order valence-electron chi connectivity index (χ1n) is 8.62. The van der Waals surface area contributed by atoms with Crippen LogP contribution in [0.3, 0.4) is 0 Å². The highest BCUT2D eigenvalue weighted by Crippen LogP contribution is 2.22. The summed E-state index contributed by atoms with van der Waals surface area (Å²) < 4.78 is 0. The lowest BCUT2D eigenvalue weighted by Crippen LogP contribution is -2.33. The fraction of sp³-hybridized carbons (Fsp3) is 0.421. The van der Waals surface area contributed by atoms with Gasteiger partial charge < -0.3 is 10.2 Å². The number of halogens is 1. The summed E-state index contributed by atoms with van der Waals surface area (Å²) in [5.41, 5.74) is 2.95. The van der Waals surface area contributed by atoms with Gasteiger partial charge in [-0.1, -0.05) is 31.5 Å². The molecule has 1 aromatic carbocycles. The SMILES string of the molecule is CCCN(CCC)C(=O)c1cc(C)nc(Nc2ccc(C)c(Cl)c2)n1. The lowest BCUT2D eigenvalue weighted by atomic mass is 10.2. The summed E-state index contributed by atoms with van der Waals surface area (Å²) in [6.45, 7) is 9.39. The molecule has 2 rings (SSSR count). The molecular formula is C19H25ClN4O. The number of nitrogens with one attached hydrogen (secondary N) is 1. The fourth-order valence-corrected chi connectivity index (χ4v) is 2.73. The predicted molar refractivity (Wildman–Crippen MR) is 103 cm³/mol. The normalized spacial score (nSPS) is 10.6. The van der Waals surface area contributed by atoms with Gasteiger partial charge >= 0.3 is 0 Å². The zero-order valence-electron chi connectivity index (χ0n) is 15.3. The van der Waals surface area contributed by atoms with Crippen LogP contribution >= 0.6 is 11.6 Å². The van der Waals surface area contributed by atoms with Gasteiger partial charge in [-0.15, -0.1) is 0 Å². The second-order valence-electron chi connectivity index (χ2n) is 6.10. The van der Waals surface area contributed by atoms with Crippen molar-refractivity contribution in [3.05, 3.63) is 46.2 Å². The van der Waals surface area contributed by atoms with Crippen LogP contribution in [0.5, 0.6) is 0 Å². The number of anilines is 2. The number of nitrogens with zero attached hydrogens (tertiary/aromatic N) is 3. The van der Waals surface area contributed by atoms with E-state index in [4.69, 9.17) is 11.6 Å². The maximum absolute atomic E-state index is 12.8. The molecule has 1 N–H and O–H groups in total. The van der Waals surface area contributed by atoms with E-state index < -0.39 is 0 Å². The molecule has 0 spiro atoms. The molecule has 0 fully saturated rings. The van der Waals surface area contributed by atoms with Crippen molar-refractivity contribution in [1.82, 2.24) is 14.9 Å². The summed E-state index contributed by atoms with van der Waals surface area (Å²) in [6, 6.07) is 7.39. The number of rotatable bonds is 7. The van der Waals surface area contributed by atoms with Crippen LogP contribution < -0.4 is 5.32 Å². The van der Waals surface area contributed by atoms with E-state index in [1.165, 1.54) is 0 Å². The highest BCUT2D eigenvalue weighted by atomic mass is 35.5. The van der Waals surface area contributed by atoms with Gasteiger partial charge in [0.25, 0.3) is 5.91 Å². The largest absolute Gasteiger partial charge is 0.337 e. The van der Waals surface area contributed by atoms with Gasteiger partial charge in [0.1, 0.15) is 5.69 Å². The third-order valence-corrected chi connectivity index (χ3v) is 4.18. The molecule has 1 heterocycles. The first kappa shape index (κ1) is 19.2. The van der Waals surface area contributed by atoms with Crippen molar-refractivity contribution < 1.29 is 4.79 Å². The number of amides is 1. The zero-order chi connectivity index (χ0) is 18.4. The number of carbonyl (C=O) groups excluding carboxylic acids is 1. The second kappa shape index (κ2) is 8.81. The molecule has 5 nitrogen and oxygen atoms in total. The molecule has 0 aliphatic carbocycles. The molecule has 0 bridgehead atoms. The van der Waals surface area contributed by atoms with Gasteiger partial charge in [0.05, 0.1) is 0 Å². The Kier molecular flexibility index (Phi) is 6.76. The fourth-order valence-electron chi connectivity index (χ4n) is 2.55. The van der Waals surface area contributed by atoms with Crippen molar-refractivity contribution in [3.8, 4) is 0 Å². The van der Waals surface area contributed by atoms with E-state index in [9.17, 15) is 4.79 Å². The van der Waals surface area contributed by atoms with E-state index in [2.05, 4.69) is 29.1 Å². The van der Waals surface area contributed by atoms with Crippen molar-refractivity contribution in [1.29, 1.82) is 0 Å². The average molecular weight is 361 g/mol. The Morgan fingerprint density at radius 1 is 1.12 bits per heavy atom. The minimum absolute atomic E-state index is 0.0563. The first-order valence-corrected chi connectivity index (χ1v) is 9.00. The highest BCUT2D eigenvalue weighted by Gasteiger charge is 2.17. The summed E-state index contributed by atoms with van der Waals surface area (Å²) >= 11 is 6.16. The van der Waals surface area contributed by atoms with E-state index in [0.29, 0.717) is 16.7 Å². The molecule has 0 saturated carbocycles. The minimum Gasteiger partial charge on any atom is -0.337 e. The lowest BCUT2D eigenvalue weighted by molar-refractivity contribution is 0.0749. The van der Waals surface area contributed by atoms with Gasteiger partial charge in [-0.2, -0.15) is 0 Å². The Balaban J connectivity index is 2.26. The van der Waals surface area contributed by atoms with Crippen LogP contribution in [0.4, 0.5) is 11.6 Å². The molecule has 134 valence electrons. The van der Waals surface area contributed by atoms with E-state index in [-0.39, 0.29) is 5.91 Å². The molecule has 2 aromatic rings. The van der Waals surface area contributed by atoms with Gasteiger partial charge in [0.15, 0.2) is 0 Å². The summed E-state index contributed by atoms with van der Waals surface area (Å²) in [5, 5.41) is 3.81. The van der Waals surface area contributed by atoms with Crippen LogP contribution in [-0.4, -0.2) is 33.9 Å². The number of benzene rings is 1. The molecule has 1 aromatic heterocycles. The number of carbonyl (C=O) groups is 1. The molecule has 0 unspecified atom stereocenters. The third kappa shape index (κ3) is 5.16. The summed E-state index contributed by atoms with van der Waals surface area (Å²) in [6.07, 6.45) is 1.84. The van der Waals surface area contributed by atoms with Crippen LogP contribution in [0.1, 0.15) is 48.4 Å². The topological polar surface area (TPSA) is 58.1 Å². The van der Waals surface area contributed by atoms with Crippen molar-refractivity contribution in [2.24, 2.45) is 0 Å². The molecule has 6 heteroatoms. The maximum Gasteiger partial charge on any atom is 0.272 e. The number of hydrogen-bond donors (Lipinski definition) is 1. The molecule has 25 heavy (non-hydrogen) atoms. The lowest BCUT2D eigenvalue weighted by Gasteiger charge is -2.21. The summed E-state index contributed by atoms with van der Waals surface area (Å²) in [5.74, 6) is 0.343. The van der Waals surface area contributed by atoms with Gasteiger partial charge in [-0.25, -0.2) is 9.97 Å². The van der Waals surface area contributed by atoms with Crippen LogP contribution in [-0.2, 0) is 0 Å². The van der Waals surface area contributed by atoms with E-state index in [1.807, 2.05) is 36.9 Å². The molecular weight excluding hydrogens is 336 g/mol. The van der Waals surface area contributed by atoms with Crippen LogP contribution in [0, 0.1) is 13.8 Å². The third-order valence-electron chi connectivity index (χ3n) is 3.78. The first-order chi connectivity index (χ1) is 11.9. The van der Waals surface area contributed by atoms with Gasteiger partial charge in [-0.3, -0.25) is 4.79 Å². The Hall–Kier alpha value is -2.14. The van der Waals surface area contributed by atoms with Crippen LogP contribution in [0.2, 0.25) is 5.02 Å². The Labute approximate surface area is 154 Å². The highest BCUT2D eigenvalue weighted by molar-refractivity contribution is 6.31. The Bertz CT molecular complexity index is 742. The zero-order valence-corrected chi connectivity index (χ0v) is 16.0. The molecule has 0 atom stereocenters. The minimum atomic E-state index is -0.0563. The molecule has 1 amide bonds. The maximum atomic E-state index is 12.8. The molecule has 0 aliphatic rings. The average Bonchev–Trinajstić information content (AvgIpc) is 2.57. The second-order valence-corrected chi connectivity index (χ2v) is 6.51. The van der Waals surface area contributed by atoms with E-state index in [0.717, 1.165) is 42.9 Å². The summed E-state index contributed by atoms with van der Waals surface area (Å²) in [7, 11) is 0. The van der Waals surface area contributed by atoms with Gasteiger partial charge in [0.2, 0.25) is 5.95 Å². The van der Waals surface area contributed by atoms with Gasteiger partial charge in [-0.05, 0) is 50.5 Å². The number of aryl methyl sites for hydroxylation is 2. The van der Waals surface area contributed by atoms with Crippen molar-refractivity contribution in [2.45, 2.75) is 40.5 Å². The molecule has 0 saturated heterocycles. The van der Waals surface area contributed by atoms with Crippen LogP contribution in [0.25, 0.3) is 0 Å². The van der Waals surface area contributed by atoms with Crippen molar-refractivity contribution in [2.75, 3.05) is 18.4 Å². The Morgan fingerprint density at radius 2 is 1.80 bits per heavy atom. The predicted octanol–water partition coefficient (Wildman–Crippen LogP) is 4.75. The van der Waals surface area contributed by atoms with E-state index in [1.54, 1.807) is 6.07 Å². The van der Waals surface area contributed by atoms with Crippen molar-refractivity contribution in [3.63, 3.8) is 0 Å². The van der Waals surface area contributed by atoms with Crippen molar-refractivity contribution >= 4 is 29.1 Å². The molecule has 0 aliphatic heterocycles. The smallest absolute Gasteiger partial charge is 0.272 e. The number of aromatic nitrogens is 2. The van der Waals surface area contributed by atoms with E-state index >= 15 is 0 Å². The molecule has 0 radical (unpaired) electrons.